The molecule has 1 fully saturated rings. The van der Waals surface area contributed by atoms with Gasteiger partial charge in [-0.05, 0) is 20.8 Å². The molecule has 12 heavy (non-hydrogen) atoms. The topological polar surface area (TPSA) is 12.5 Å². The van der Waals surface area contributed by atoms with E-state index in [0.29, 0.717) is 0 Å². The van der Waals surface area contributed by atoms with Crippen molar-refractivity contribution in [1.29, 1.82) is 0 Å². The Kier molecular flexibility index (Phi) is 4.21. The van der Waals surface area contributed by atoms with Crippen LogP contribution in [0.5, 0.6) is 0 Å². The highest BCUT2D eigenvalue weighted by Crippen LogP contribution is 2.37. The van der Waals surface area contributed by atoms with Crippen LogP contribution >= 0.6 is 0 Å². The van der Waals surface area contributed by atoms with Crippen molar-refractivity contribution >= 4 is 0 Å². The van der Waals surface area contributed by atoms with E-state index in [4.69, 9.17) is 4.74 Å². The summed E-state index contributed by atoms with van der Waals surface area (Å²) in [5, 5.41) is 0. The summed E-state index contributed by atoms with van der Waals surface area (Å²) in [4.78, 5) is 0. The zero-order chi connectivity index (χ0) is 8.54. The van der Waals surface area contributed by atoms with E-state index in [9.17, 15) is 0 Å². The Hall–Kier alpha value is 0.400. The van der Waals surface area contributed by atoms with E-state index in [0.717, 1.165) is 11.1 Å². The molecule has 1 unspecified atom stereocenters. The van der Waals surface area contributed by atoms with E-state index >= 15 is 0 Å². The molecular formula is C9H20BrNO. The van der Waals surface area contributed by atoms with Crippen LogP contribution in [0.4, 0.5) is 0 Å². The van der Waals surface area contributed by atoms with Crippen molar-refractivity contribution in [3.05, 3.63) is 0 Å². The van der Waals surface area contributed by atoms with Gasteiger partial charge in [-0.25, -0.2) is 0 Å². The highest BCUT2D eigenvalue weighted by atomic mass is 79.9. The highest BCUT2D eigenvalue weighted by Gasteiger charge is 2.56. The molecule has 1 atom stereocenters. The molecule has 0 aliphatic carbocycles. The number of epoxide rings is 1. The van der Waals surface area contributed by atoms with Crippen molar-refractivity contribution in [2.24, 2.45) is 0 Å². The van der Waals surface area contributed by atoms with Crippen molar-refractivity contribution in [1.82, 2.24) is 0 Å². The minimum atomic E-state index is 0. The lowest BCUT2D eigenvalue weighted by atomic mass is 10.2. The number of nitrogens with zero attached hydrogens (tertiary/aromatic N) is 1. The third kappa shape index (κ3) is 1.68. The molecule has 0 radical (unpaired) electrons. The average Bonchev–Trinajstić information content (AvgIpc) is 2.74. The number of halogens is 1. The van der Waals surface area contributed by atoms with Gasteiger partial charge in [0.05, 0.1) is 19.6 Å². The van der Waals surface area contributed by atoms with E-state index < -0.39 is 0 Å². The summed E-state index contributed by atoms with van der Waals surface area (Å²) in [7, 11) is 0. The summed E-state index contributed by atoms with van der Waals surface area (Å²) in [5.74, 6) is 0. The monoisotopic (exact) mass is 237 g/mol. The third-order valence-corrected chi connectivity index (χ3v) is 3.38. The Morgan fingerprint density at radius 2 is 1.50 bits per heavy atom. The second-order valence-corrected chi connectivity index (χ2v) is 3.56. The van der Waals surface area contributed by atoms with E-state index in [1.807, 2.05) is 0 Å². The number of hydrogen-bond acceptors (Lipinski definition) is 1. The summed E-state index contributed by atoms with van der Waals surface area (Å²) in [6.07, 6.45) is 0. The zero-order valence-electron chi connectivity index (χ0n) is 8.56. The van der Waals surface area contributed by atoms with Crippen LogP contribution in [0.2, 0.25) is 0 Å². The van der Waals surface area contributed by atoms with Crippen LogP contribution in [0.1, 0.15) is 27.7 Å². The van der Waals surface area contributed by atoms with E-state index in [1.54, 1.807) is 0 Å². The molecule has 1 heterocycles. The number of ether oxygens (including phenoxy) is 1. The summed E-state index contributed by atoms with van der Waals surface area (Å²) in [6, 6.07) is 0. The molecule has 74 valence electrons. The summed E-state index contributed by atoms with van der Waals surface area (Å²) in [5.41, 5.74) is 0.151. The van der Waals surface area contributed by atoms with Gasteiger partial charge in [-0.15, -0.1) is 0 Å². The number of quaternary nitrogens is 1. The van der Waals surface area contributed by atoms with Crippen LogP contribution < -0.4 is 17.0 Å². The molecule has 0 amide bonds. The van der Waals surface area contributed by atoms with Gasteiger partial charge in [0, 0.05) is 6.92 Å². The van der Waals surface area contributed by atoms with E-state index in [1.165, 1.54) is 19.6 Å². The minimum absolute atomic E-state index is 0. The normalized spacial score (nSPS) is 28.0. The molecule has 0 N–H and O–H groups in total. The van der Waals surface area contributed by atoms with Crippen molar-refractivity contribution in [3.8, 4) is 0 Å². The maximum absolute atomic E-state index is 5.51. The van der Waals surface area contributed by atoms with Gasteiger partial charge in [0.15, 0.2) is 0 Å². The SMILES string of the molecule is CC[N+](CC)(CC)C1(C)CO1.[Br-]. The lowest BCUT2D eigenvalue weighted by Crippen LogP contribution is -3.00. The van der Waals surface area contributed by atoms with Gasteiger partial charge in [0.2, 0.25) is 5.72 Å². The summed E-state index contributed by atoms with van der Waals surface area (Å²) < 4.78 is 6.62. The van der Waals surface area contributed by atoms with Gasteiger partial charge >= 0.3 is 0 Å². The number of hydrogen-bond donors (Lipinski definition) is 0. The second kappa shape index (κ2) is 4.07. The number of likely N-dealkylation sites (N-methyl/N-ethyl adjacent to an activating group) is 1. The fourth-order valence-corrected chi connectivity index (χ4v) is 2.05. The maximum Gasteiger partial charge on any atom is 0.224 e. The Bertz CT molecular complexity index is 133. The predicted octanol–water partition coefficient (Wildman–Crippen LogP) is -1.39. The summed E-state index contributed by atoms with van der Waals surface area (Å²) in [6.45, 7) is 13.5. The van der Waals surface area contributed by atoms with Gasteiger partial charge in [-0.1, -0.05) is 0 Å². The lowest BCUT2D eigenvalue weighted by molar-refractivity contribution is -0.965. The maximum atomic E-state index is 5.51. The molecule has 0 aromatic heterocycles. The smallest absolute Gasteiger partial charge is 0.224 e. The molecule has 1 aliphatic rings. The van der Waals surface area contributed by atoms with Gasteiger partial charge in [-0.3, -0.25) is 4.48 Å². The predicted molar refractivity (Wildman–Crippen MR) is 46.2 cm³/mol. The Balaban J connectivity index is 0.00000121. The first-order chi connectivity index (χ1) is 5.14. The highest BCUT2D eigenvalue weighted by molar-refractivity contribution is 4.77. The molecule has 1 rings (SSSR count). The van der Waals surface area contributed by atoms with Crippen molar-refractivity contribution in [3.63, 3.8) is 0 Å². The quantitative estimate of drug-likeness (QED) is 0.434. The molecular weight excluding hydrogens is 218 g/mol. The molecule has 1 saturated heterocycles. The third-order valence-electron chi connectivity index (χ3n) is 3.38. The molecule has 0 saturated carbocycles. The Labute approximate surface area is 86.2 Å². The molecule has 1 aliphatic heterocycles. The van der Waals surface area contributed by atoms with Gasteiger partial charge in [0.25, 0.3) is 0 Å². The van der Waals surface area contributed by atoms with Crippen molar-refractivity contribution in [2.45, 2.75) is 33.4 Å². The van der Waals surface area contributed by atoms with Crippen LogP contribution in [-0.2, 0) is 4.74 Å². The molecule has 0 spiro atoms. The molecule has 0 aromatic rings. The second-order valence-electron chi connectivity index (χ2n) is 3.56. The molecule has 0 bridgehead atoms. The standard InChI is InChI=1S/C9H20NO.BrH/c1-5-10(6-2,7-3)9(4)8-11-9;/h5-8H2,1-4H3;1H/q+1;/p-1. The average molecular weight is 238 g/mol. The van der Waals surface area contributed by atoms with Crippen molar-refractivity contribution < 1.29 is 26.2 Å². The first-order valence-electron chi connectivity index (χ1n) is 4.64. The zero-order valence-corrected chi connectivity index (χ0v) is 10.1. The fraction of sp³-hybridized carbons (Fsp3) is 1.00. The molecule has 3 heteroatoms. The lowest BCUT2D eigenvalue weighted by Gasteiger charge is -2.39. The largest absolute Gasteiger partial charge is 1.00 e. The summed E-state index contributed by atoms with van der Waals surface area (Å²) >= 11 is 0. The Morgan fingerprint density at radius 3 is 1.58 bits per heavy atom. The fourth-order valence-electron chi connectivity index (χ4n) is 2.05. The van der Waals surface area contributed by atoms with Crippen LogP contribution in [0.25, 0.3) is 0 Å². The van der Waals surface area contributed by atoms with Crippen LogP contribution in [0.3, 0.4) is 0 Å². The minimum Gasteiger partial charge on any atom is -1.00 e. The molecule has 0 aromatic carbocycles. The first-order valence-corrected chi connectivity index (χ1v) is 4.64. The van der Waals surface area contributed by atoms with Gasteiger partial charge in [-0.2, -0.15) is 0 Å². The first kappa shape index (κ1) is 12.4. The van der Waals surface area contributed by atoms with E-state index in [-0.39, 0.29) is 22.7 Å². The molecule has 2 nitrogen and oxygen atoms in total. The van der Waals surface area contributed by atoms with Crippen LogP contribution in [0.15, 0.2) is 0 Å². The van der Waals surface area contributed by atoms with Crippen LogP contribution in [0, 0.1) is 0 Å². The number of rotatable bonds is 4. The van der Waals surface area contributed by atoms with Gasteiger partial charge in [0.1, 0.15) is 6.61 Å². The Morgan fingerprint density at radius 1 is 1.17 bits per heavy atom. The van der Waals surface area contributed by atoms with Crippen LogP contribution in [-0.4, -0.2) is 36.4 Å². The van der Waals surface area contributed by atoms with E-state index in [2.05, 4.69) is 27.7 Å². The van der Waals surface area contributed by atoms with Crippen molar-refractivity contribution in [2.75, 3.05) is 26.2 Å². The van der Waals surface area contributed by atoms with Gasteiger partial charge < -0.3 is 21.7 Å².